The lowest BCUT2D eigenvalue weighted by atomic mass is 10.1. The van der Waals surface area contributed by atoms with Gasteiger partial charge in [0.2, 0.25) is 0 Å². The summed E-state index contributed by atoms with van der Waals surface area (Å²) in [6.45, 7) is 4.26. The Morgan fingerprint density at radius 2 is 1.81 bits per heavy atom. The summed E-state index contributed by atoms with van der Waals surface area (Å²) >= 11 is 0. The molecule has 0 aliphatic carbocycles. The van der Waals surface area contributed by atoms with E-state index in [0.717, 1.165) is 24.2 Å². The number of rotatable bonds is 6. The van der Waals surface area contributed by atoms with E-state index in [4.69, 9.17) is 9.47 Å². The second-order valence-corrected chi connectivity index (χ2v) is 6.81. The van der Waals surface area contributed by atoms with Gasteiger partial charge in [0.05, 0.1) is 45.5 Å². The minimum Gasteiger partial charge on any atom is -0.496 e. The Hall–Kier alpha value is -2.44. The van der Waals surface area contributed by atoms with E-state index in [0.29, 0.717) is 37.6 Å². The van der Waals surface area contributed by atoms with E-state index < -0.39 is 0 Å². The van der Waals surface area contributed by atoms with Crippen LogP contribution in [0.25, 0.3) is 0 Å². The molecule has 0 spiro atoms. The first-order valence-electron chi connectivity index (χ1n) is 9.14. The highest BCUT2D eigenvalue weighted by Crippen LogP contribution is 2.18. The van der Waals surface area contributed by atoms with Crippen LogP contribution in [-0.2, 0) is 17.9 Å². The predicted molar refractivity (Wildman–Crippen MR) is 100 cm³/mol. The number of carbonyl (C=O) groups excluding carboxylic acids is 1. The van der Waals surface area contributed by atoms with Crippen molar-refractivity contribution in [2.24, 2.45) is 0 Å². The highest BCUT2D eigenvalue weighted by atomic mass is 19.1. The second kappa shape index (κ2) is 8.97. The Balaban J connectivity index is 1.57. The number of piperazine rings is 1. The average molecular weight is 373 g/mol. The summed E-state index contributed by atoms with van der Waals surface area (Å²) < 4.78 is 24.0. The first kappa shape index (κ1) is 19.3. The third kappa shape index (κ3) is 4.84. The largest absolute Gasteiger partial charge is 0.496 e. The molecule has 27 heavy (non-hydrogen) atoms. The lowest BCUT2D eigenvalue weighted by Gasteiger charge is -2.32. The van der Waals surface area contributed by atoms with Gasteiger partial charge >= 0.3 is 0 Å². The molecular weight excluding hydrogens is 347 g/mol. The zero-order valence-electron chi connectivity index (χ0n) is 15.8. The van der Waals surface area contributed by atoms with Crippen LogP contribution in [0.4, 0.5) is 4.39 Å². The molecule has 144 valence electrons. The van der Waals surface area contributed by atoms with Gasteiger partial charge in [-0.1, -0.05) is 12.1 Å². The van der Waals surface area contributed by atoms with Crippen LogP contribution in [-0.4, -0.2) is 51.2 Å². The zero-order chi connectivity index (χ0) is 19.2. The van der Waals surface area contributed by atoms with Crippen molar-refractivity contribution in [3.8, 4) is 5.75 Å². The summed E-state index contributed by atoms with van der Waals surface area (Å²) in [4.78, 5) is 15.9. The van der Waals surface area contributed by atoms with Crippen LogP contribution in [0.1, 0.15) is 21.5 Å². The fourth-order valence-corrected chi connectivity index (χ4v) is 3.45. The summed E-state index contributed by atoms with van der Waals surface area (Å²) in [7, 11) is 3.25. The number of halogens is 1. The molecule has 6 heteroatoms. The minimum absolute atomic E-state index is 0.0568. The number of amides is 1. The fourth-order valence-electron chi connectivity index (χ4n) is 3.45. The van der Waals surface area contributed by atoms with E-state index in [-0.39, 0.29) is 11.7 Å². The predicted octanol–water partition coefficient (Wildman–Crippen LogP) is 1.52. The smallest absolute Gasteiger partial charge is 0.254 e. The van der Waals surface area contributed by atoms with Gasteiger partial charge in [0.15, 0.2) is 0 Å². The van der Waals surface area contributed by atoms with Crippen LogP contribution in [0, 0.1) is 5.82 Å². The minimum atomic E-state index is -0.254. The number of nitrogens with zero attached hydrogens (tertiary/aromatic N) is 1. The molecule has 1 N–H and O–H groups in total. The fraction of sp³-hybridized carbons (Fsp3) is 0.381. The van der Waals surface area contributed by atoms with E-state index >= 15 is 0 Å². The number of benzene rings is 2. The maximum Gasteiger partial charge on any atom is 0.254 e. The molecule has 1 aliphatic rings. The Morgan fingerprint density at radius 1 is 1.11 bits per heavy atom. The Kier molecular flexibility index (Phi) is 6.42. The van der Waals surface area contributed by atoms with E-state index in [9.17, 15) is 9.18 Å². The first-order chi connectivity index (χ1) is 13.1. The number of quaternary nitrogens is 1. The molecule has 3 rings (SSSR count). The van der Waals surface area contributed by atoms with Crippen LogP contribution < -0.4 is 9.64 Å². The highest BCUT2D eigenvalue weighted by molar-refractivity contribution is 5.94. The number of methoxy groups -OCH3 is 2. The molecule has 0 atom stereocenters. The third-order valence-electron chi connectivity index (χ3n) is 4.95. The molecule has 0 unspecified atom stereocenters. The Labute approximate surface area is 159 Å². The van der Waals surface area contributed by atoms with E-state index in [1.54, 1.807) is 20.3 Å². The topological polar surface area (TPSA) is 43.2 Å². The SMILES string of the molecule is COCc1ccc(C(=O)N2CC[NH+](Cc3cc(F)ccc3OC)CC2)cc1. The van der Waals surface area contributed by atoms with Gasteiger partial charge in [0, 0.05) is 12.7 Å². The molecule has 5 nitrogen and oxygen atoms in total. The molecule has 2 aromatic rings. The van der Waals surface area contributed by atoms with Gasteiger partial charge in [0.25, 0.3) is 5.91 Å². The Morgan fingerprint density at radius 3 is 2.44 bits per heavy atom. The highest BCUT2D eigenvalue weighted by Gasteiger charge is 2.25. The normalized spacial score (nSPS) is 15.0. The average Bonchev–Trinajstić information content (AvgIpc) is 2.69. The van der Waals surface area contributed by atoms with Gasteiger partial charge in [0.1, 0.15) is 18.1 Å². The van der Waals surface area contributed by atoms with Gasteiger partial charge in [-0.05, 0) is 35.9 Å². The van der Waals surface area contributed by atoms with Crippen molar-refractivity contribution in [1.82, 2.24) is 4.90 Å². The zero-order valence-corrected chi connectivity index (χ0v) is 15.8. The van der Waals surface area contributed by atoms with E-state index in [1.807, 2.05) is 29.2 Å². The molecule has 0 saturated carbocycles. The summed E-state index contributed by atoms with van der Waals surface area (Å²) in [6, 6.07) is 12.2. The molecule has 1 aliphatic heterocycles. The monoisotopic (exact) mass is 373 g/mol. The summed E-state index contributed by atoms with van der Waals surface area (Å²) in [6.07, 6.45) is 0. The Bertz CT molecular complexity index is 771. The molecule has 0 radical (unpaired) electrons. The molecule has 1 fully saturated rings. The van der Waals surface area contributed by atoms with Gasteiger partial charge < -0.3 is 19.3 Å². The van der Waals surface area contributed by atoms with Crippen LogP contribution in [0.3, 0.4) is 0 Å². The summed E-state index contributed by atoms with van der Waals surface area (Å²) in [5, 5.41) is 0. The van der Waals surface area contributed by atoms with Crippen LogP contribution in [0.15, 0.2) is 42.5 Å². The van der Waals surface area contributed by atoms with E-state index in [2.05, 4.69) is 0 Å². The van der Waals surface area contributed by atoms with Crippen molar-refractivity contribution in [2.75, 3.05) is 40.4 Å². The third-order valence-corrected chi connectivity index (χ3v) is 4.95. The number of hydrogen-bond acceptors (Lipinski definition) is 3. The molecule has 1 amide bonds. The number of hydrogen-bond donors (Lipinski definition) is 1. The van der Waals surface area contributed by atoms with Crippen molar-refractivity contribution in [3.63, 3.8) is 0 Å². The molecule has 1 saturated heterocycles. The molecule has 2 aromatic carbocycles. The lowest BCUT2D eigenvalue weighted by Crippen LogP contribution is -3.13. The van der Waals surface area contributed by atoms with Crippen LogP contribution in [0.2, 0.25) is 0 Å². The van der Waals surface area contributed by atoms with Crippen LogP contribution in [0.5, 0.6) is 5.75 Å². The lowest BCUT2D eigenvalue weighted by molar-refractivity contribution is -0.917. The van der Waals surface area contributed by atoms with Crippen molar-refractivity contribution in [2.45, 2.75) is 13.2 Å². The van der Waals surface area contributed by atoms with Crippen molar-refractivity contribution < 1.29 is 23.6 Å². The van der Waals surface area contributed by atoms with Gasteiger partial charge in [-0.15, -0.1) is 0 Å². The van der Waals surface area contributed by atoms with Gasteiger partial charge in [-0.2, -0.15) is 0 Å². The molecule has 0 aromatic heterocycles. The van der Waals surface area contributed by atoms with Crippen molar-refractivity contribution >= 4 is 5.91 Å². The first-order valence-corrected chi connectivity index (χ1v) is 9.14. The maximum atomic E-state index is 13.5. The number of ether oxygens (including phenoxy) is 2. The van der Waals surface area contributed by atoms with E-state index in [1.165, 1.54) is 17.0 Å². The maximum absolute atomic E-state index is 13.5. The standard InChI is InChI=1S/C21H25FN2O3/c1-26-15-16-3-5-17(6-4-16)21(25)24-11-9-23(10-12-24)14-18-13-19(22)7-8-20(18)27-2/h3-8,13H,9-12,14-15H2,1-2H3/p+1. The molecule has 0 bridgehead atoms. The summed E-state index contributed by atoms with van der Waals surface area (Å²) in [5.74, 6) is 0.510. The van der Waals surface area contributed by atoms with Crippen LogP contribution >= 0.6 is 0 Å². The molecule has 1 heterocycles. The van der Waals surface area contributed by atoms with Crippen molar-refractivity contribution in [1.29, 1.82) is 0 Å². The van der Waals surface area contributed by atoms with Crippen molar-refractivity contribution in [3.05, 3.63) is 65.0 Å². The molecular formula is C21H26FN2O3+. The quantitative estimate of drug-likeness (QED) is 0.835. The number of carbonyl (C=O) groups is 1. The van der Waals surface area contributed by atoms with Gasteiger partial charge in [-0.25, -0.2) is 4.39 Å². The summed E-state index contributed by atoms with van der Waals surface area (Å²) in [5.41, 5.74) is 2.61. The second-order valence-electron chi connectivity index (χ2n) is 6.81. The number of nitrogens with one attached hydrogen (secondary N) is 1. The van der Waals surface area contributed by atoms with Gasteiger partial charge in [-0.3, -0.25) is 4.79 Å².